The van der Waals surface area contributed by atoms with Crippen molar-refractivity contribution in [3.63, 3.8) is 0 Å². The number of carbonyl (C=O) groups is 1. The first kappa shape index (κ1) is 10.2. The minimum atomic E-state index is -0.299. The third-order valence-electron chi connectivity index (χ3n) is 3.18. The molecular weight excluding hydrogens is 188 g/mol. The highest BCUT2D eigenvalue weighted by atomic mass is 16.1. The number of hydrogen-bond donors (Lipinski definition) is 2. The molecule has 1 unspecified atom stereocenters. The average Bonchev–Trinajstić information content (AvgIpc) is 2.96. The van der Waals surface area contributed by atoms with Crippen LogP contribution < -0.4 is 11.5 Å². The molecule has 1 amide bonds. The summed E-state index contributed by atoms with van der Waals surface area (Å²) in [6, 6.07) is 7.82. The maximum atomic E-state index is 11.2. The summed E-state index contributed by atoms with van der Waals surface area (Å²) in [4.78, 5) is 11.2. The molecule has 80 valence electrons. The van der Waals surface area contributed by atoms with Crippen molar-refractivity contribution in [2.24, 2.45) is 11.5 Å². The van der Waals surface area contributed by atoms with Gasteiger partial charge in [-0.05, 0) is 30.9 Å². The molecule has 1 aliphatic carbocycles. The van der Waals surface area contributed by atoms with Crippen LogP contribution in [0.15, 0.2) is 24.3 Å². The van der Waals surface area contributed by atoms with Gasteiger partial charge < -0.3 is 11.5 Å². The fraction of sp³-hybridized carbons (Fsp3) is 0.417. The third kappa shape index (κ3) is 1.75. The number of nitrogens with two attached hydrogens (primary N) is 2. The molecule has 0 heterocycles. The molecular formula is C12H16N2O. The summed E-state index contributed by atoms with van der Waals surface area (Å²) in [5.41, 5.74) is 13.3. The summed E-state index contributed by atoms with van der Waals surface area (Å²) in [5, 5.41) is 0. The van der Waals surface area contributed by atoms with Crippen LogP contribution in [0.2, 0.25) is 0 Å². The minimum absolute atomic E-state index is 0.208. The van der Waals surface area contributed by atoms with Crippen LogP contribution in [0.25, 0.3) is 0 Å². The molecule has 0 spiro atoms. The Labute approximate surface area is 89.5 Å². The molecule has 1 aromatic carbocycles. The normalized spacial score (nSPS) is 19.6. The highest BCUT2D eigenvalue weighted by molar-refractivity contribution is 5.82. The van der Waals surface area contributed by atoms with Crippen LogP contribution in [0.4, 0.5) is 0 Å². The lowest BCUT2D eigenvalue weighted by Gasteiger charge is -2.18. The van der Waals surface area contributed by atoms with Gasteiger partial charge in [-0.15, -0.1) is 0 Å². The van der Waals surface area contributed by atoms with Crippen molar-refractivity contribution >= 4 is 5.91 Å². The molecule has 1 aromatic rings. The van der Waals surface area contributed by atoms with E-state index in [0.29, 0.717) is 0 Å². The molecule has 1 saturated carbocycles. The molecule has 0 aliphatic heterocycles. The Hall–Kier alpha value is -1.35. The van der Waals surface area contributed by atoms with Crippen molar-refractivity contribution in [3.05, 3.63) is 35.4 Å². The number of primary amides is 1. The van der Waals surface area contributed by atoms with Crippen LogP contribution >= 0.6 is 0 Å². The van der Waals surface area contributed by atoms with E-state index in [2.05, 4.69) is 0 Å². The minimum Gasteiger partial charge on any atom is -0.369 e. The lowest BCUT2D eigenvalue weighted by atomic mass is 9.90. The SMILES string of the molecule is CC(C(N)=O)c1ccccc1C1(N)CC1. The number of hydrogen-bond acceptors (Lipinski definition) is 2. The third-order valence-corrected chi connectivity index (χ3v) is 3.18. The van der Waals surface area contributed by atoms with Gasteiger partial charge in [0.05, 0.1) is 5.92 Å². The molecule has 3 nitrogen and oxygen atoms in total. The molecule has 4 N–H and O–H groups in total. The van der Waals surface area contributed by atoms with Gasteiger partial charge in [0.15, 0.2) is 0 Å². The van der Waals surface area contributed by atoms with Gasteiger partial charge in [0, 0.05) is 5.54 Å². The zero-order chi connectivity index (χ0) is 11.1. The summed E-state index contributed by atoms with van der Waals surface area (Å²) in [6.07, 6.45) is 1.99. The van der Waals surface area contributed by atoms with Gasteiger partial charge >= 0.3 is 0 Å². The molecule has 1 atom stereocenters. The zero-order valence-corrected chi connectivity index (χ0v) is 8.86. The quantitative estimate of drug-likeness (QED) is 0.777. The monoisotopic (exact) mass is 204 g/mol. The van der Waals surface area contributed by atoms with E-state index >= 15 is 0 Å². The van der Waals surface area contributed by atoms with Crippen LogP contribution in [0.5, 0.6) is 0 Å². The first-order chi connectivity index (χ1) is 7.04. The molecule has 0 bridgehead atoms. The van der Waals surface area contributed by atoms with Crippen molar-refractivity contribution < 1.29 is 4.79 Å². The lowest BCUT2D eigenvalue weighted by molar-refractivity contribution is -0.119. The number of carbonyl (C=O) groups excluding carboxylic acids is 1. The second kappa shape index (κ2) is 3.35. The van der Waals surface area contributed by atoms with Crippen LogP contribution in [0, 0.1) is 0 Å². The zero-order valence-electron chi connectivity index (χ0n) is 8.86. The molecule has 1 fully saturated rings. The van der Waals surface area contributed by atoms with Gasteiger partial charge in [-0.1, -0.05) is 24.3 Å². The maximum Gasteiger partial charge on any atom is 0.224 e. The molecule has 15 heavy (non-hydrogen) atoms. The molecule has 2 rings (SSSR count). The lowest BCUT2D eigenvalue weighted by Crippen LogP contribution is -2.25. The Morgan fingerprint density at radius 3 is 2.53 bits per heavy atom. The average molecular weight is 204 g/mol. The Kier molecular flexibility index (Phi) is 2.27. The van der Waals surface area contributed by atoms with Crippen molar-refractivity contribution in [2.45, 2.75) is 31.2 Å². The van der Waals surface area contributed by atoms with Crippen molar-refractivity contribution in [3.8, 4) is 0 Å². The first-order valence-electron chi connectivity index (χ1n) is 5.22. The highest BCUT2D eigenvalue weighted by Gasteiger charge is 2.42. The topological polar surface area (TPSA) is 69.1 Å². The summed E-state index contributed by atoms with van der Waals surface area (Å²) in [7, 11) is 0. The second-order valence-electron chi connectivity index (χ2n) is 4.37. The fourth-order valence-electron chi connectivity index (χ4n) is 1.89. The van der Waals surface area contributed by atoms with Crippen LogP contribution in [0.3, 0.4) is 0 Å². The summed E-state index contributed by atoms with van der Waals surface area (Å²) >= 11 is 0. The van der Waals surface area contributed by atoms with Gasteiger partial charge in [0.25, 0.3) is 0 Å². The summed E-state index contributed by atoms with van der Waals surface area (Å²) < 4.78 is 0. The molecule has 0 aromatic heterocycles. The van der Waals surface area contributed by atoms with E-state index in [9.17, 15) is 4.79 Å². The Morgan fingerprint density at radius 1 is 1.40 bits per heavy atom. The fourth-order valence-corrected chi connectivity index (χ4v) is 1.89. The number of benzene rings is 1. The van der Waals surface area contributed by atoms with E-state index in [1.54, 1.807) is 0 Å². The summed E-state index contributed by atoms with van der Waals surface area (Å²) in [6.45, 7) is 1.83. The molecule has 0 saturated heterocycles. The Bertz CT molecular complexity index is 396. The van der Waals surface area contributed by atoms with Crippen molar-refractivity contribution in [1.29, 1.82) is 0 Å². The Morgan fingerprint density at radius 2 is 2.00 bits per heavy atom. The van der Waals surface area contributed by atoms with Crippen molar-refractivity contribution in [2.75, 3.05) is 0 Å². The van der Waals surface area contributed by atoms with E-state index in [4.69, 9.17) is 11.5 Å². The van der Waals surface area contributed by atoms with Gasteiger partial charge in [0.2, 0.25) is 5.91 Å². The highest BCUT2D eigenvalue weighted by Crippen LogP contribution is 2.45. The molecule has 0 radical (unpaired) electrons. The maximum absolute atomic E-state index is 11.2. The van der Waals surface area contributed by atoms with E-state index in [0.717, 1.165) is 24.0 Å². The van der Waals surface area contributed by atoms with E-state index in [-0.39, 0.29) is 17.4 Å². The molecule has 3 heteroatoms. The van der Waals surface area contributed by atoms with Gasteiger partial charge in [0.1, 0.15) is 0 Å². The largest absolute Gasteiger partial charge is 0.369 e. The standard InChI is InChI=1S/C12H16N2O/c1-8(11(13)15)9-4-2-3-5-10(9)12(14)6-7-12/h2-5,8H,6-7,14H2,1H3,(H2,13,15). The van der Waals surface area contributed by atoms with Crippen LogP contribution in [0.1, 0.15) is 36.8 Å². The summed E-state index contributed by atoms with van der Waals surface area (Å²) in [5.74, 6) is -0.561. The van der Waals surface area contributed by atoms with Gasteiger partial charge in [-0.25, -0.2) is 0 Å². The first-order valence-corrected chi connectivity index (χ1v) is 5.22. The second-order valence-corrected chi connectivity index (χ2v) is 4.37. The van der Waals surface area contributed by atoms with Gasteiger partial charge in [-0.3, -0.25) is 4.79 Å². The van der Waals surface area contributed by atoms with Gasteiger partial charge in [-0.2, -0.15) is 0 Å². The Balaban J connectivity index is 2.42. The van der Waals surface area contributed by atoms with Crippen LogP contribution in [-0.2, 0) is 10.3 Å². The number of rotatable bonds is 3. The van der Waals surface area contributed by atoms with E-state index in [1.165, 1.54) is 0 Å². The van der Waals surface area contributed by atoms with E-state index in [1.807, 2.05) is 31.2 Å². The van der Waals surface area contributed by atoms with Crippen LogP contribution in [-0.4, -0.2) is 5.91 Å². The number of amides is 1. The predicted molar refractivity (Wildman–Crippen MR) is 59.2 cm³/mol. The predicted octanol–water partition coefficient (Wildman–Crippen LogP) is 1.22. The van der Waals surface area contributed by atoms with Crippen molar-refractivity contribution in [1.82, 2.24) is 0 Å². The molecule has 1 aliphatic rings. The smallest absolute Gasteiger partial charge is 0.224 e. The van der Waals surface area contributed by atoms with E-state index < -0.39 is 0 Å².